The van der Waals surface area contributed by atoms with Gasteiger partial charge in [0.2, 0.25) is 5.91 Å². The Bertz CT molecular complexity index is 761. The number of ketones is 2. The van der Waals surface area contributed by atoms with Gasteiger partial charge in [-0.2, -0.15) is 0 Å². The Morgan fingerprint density at radius 1 is 0.958 bits per heavy atom. The molecule has 1 aliphatic carbocycles. The molecule has 0 spiro atoms. The van der Waals surface area contributed by atoms with Crippen LogP contribution in [0.5, 0.6) is 0 Å². The largest absolute Gasteiger partial charge is 0.293 e. The van der Waals surface area contributed by atoms with Crippen molar-refractivity contribution in [2.75, 3.05) is 0 Å². The number of rotatable bonds is 6. The van der Waals surface area contributed by atoms with Gasteiger partial charge in [-0.15, -0.1) is 0 Å². The van der Waals surface area contributed by atoms with E-state index in [0.29, 0.717) is 30.4 Å². The molecule has 0 aromatic heterocycles. The quantitative estimate of drug-likeness (QED) is 0.369. The second-order valence-corrected chi connectivity index (χ2v) is 6.12. The van der Waals surface area contributed by atoms with Crippen LogP contribution in [0.2, 0.25) is 0 Å². The Morgan fingerprint density at radius 2 is 1.58 bits per heavy atom. The minimum Gasteiger partial charge on any atom is -0.293 e. The predicted octanol–water partition coefficient (Wildman–Crippen LogP) is 3.29. The van der Waals surface area contributed by atoms with Crippen LogP contribution < -0.4 is 5.48 Å². The van der Waals surface area contributed by atoms with Crippen LogP contribution in [0.25, 0.3) is 10.8 Å². The maximum Gasteiger partial charge on any atom is 0.243 e. The molecule has 0 bridgehead atoms. The van der Waals surface area contributed by atoms with Gasteiger partial charge in [-0.1, -0.05) is 49.2 Å². The first kappa shape index (κ1) is 16.3. The molecule has 24 heavy (non-hydrogen) atoms. The molecular formula is C19H19NO4. The van der Waals surface area contributed by atoms with E-state index >= 15 is 0 Å². The van der Waals surface area contributed by atoms with Gasteiger partial charge in [-0.3, -0.25) is 19.6 Å². The van der Waals surface area contributed by atoms with E-state index in [-0.39, 0.29) is 18.0 Å². The zero-order chi connectivity index (χ0) is 17.1. The lowest BCUT2D eigenvalue weighted by atomic mass is 9.78. The molecule has 0 aliphatic heterocycles. The predicted molar refractivity (Wildman–Crippen MR) is 89.1 cm³/mol. The van der Waals surface area contributed by atoms with Gasteiger partial charge >= 0.3 is 0 Å². The summed E-state index contributed by atoms with van der Waals surface area (Å²) in [5.74, 6) is -1.24. The summed E-state index contributed by atoms with van der Waals surface area (Å²) in [6, 6.07) is 11.1. The first-order valence-corrected chi connectivity index (χ1v) is 8.16. The van der Waals surface area contributed by atoms with Gasteiger partial charge in [0.15, 0.2) is 11.6 Å². The normalized spacial score (nSPS) is 14.2. The Morgan fingerprint density at radius 3 is 2.17 bits per heavy atom. The first-order valence-electron chi connectivity index (χ1n) is 8.16. The molecule has 3 rings (SSSR count). The van der Waals surface area contributed by atoms with Crippen molar-refractivity contribution in [3.8, 4) is 0 Å². The highest BCUT2D eigenvalue weighted by Crippen LogP contribution is 2.34. The molecule has 2 aromatic carbocycles. The molecular weight excluding hydrogens is 306 g/mol. The van der Waals surface area contributed by atoms with Crippen LogP contribution in [-0.2, 0) is 4.79 Å². The molecule has 124 valence electrons. The van der Waals surface area contributed by atoms with Crippen molar-refractivity contribution >= 4 is 28.2 Å². The van der Waals surface area contributed by atoms with E-state index in [1.165, 1.54) is 0 Å². The molecule has 1 aliphatic rings. The van der Waals surface area contributed by atoms with E-state index in [0.717, 1.165) is 17.2 Å². The summed E-state index contributed by atoms with van der Waals surface area (Å²) in [5.41, 5.74) is 2.86. The SMILES string of the molecule is O=C(CCCCCC1C(=O)c2cccc3cccc(c23)C1=O)NO. The highest BCUT2D eigenvalue weighted by Gasteiger charge is 2.34. The number of amides is 1. The van der Waals surface area contributed by atoms with Crippen molar-refractivity contribution in [3.63, 3.8) is 0 Å². The summed E-state index contributed by atoms with van der Waals surface area (Å²) in [6.07, 6.45) is 2.78. The molecule has 5 nitrogen and oxygen atoms in total. The third kappa shape index (κ3) is 2.95. The van der Waals surface area contributed by atoms with Crippen molar-refractivity contribution in [3.05, 3.63) is 47.5 Å². The first-order chi connectivity index (χ1) is 11.6. The van der Waals surface area contributed by atoms with Crippen molar-refractivity contribution in [1.82, 2.24) is 5.48 Å². The number of Topliss-reactive ketones (excluding diaryl/α,β-unsaturated/α-hetero) is 2. The number of hydroxylamine groups is 1. The van der Waals surface area contributed by atoms with Crippen molar-refractivity contribution < 1.29 is 19.6 Å². The highest BCUT2D eigenvalue weighted by molar-refractivity contribution is 6.29. The van der Waals surface area contributed by atoms with Gasteiger partial charge in [-0.25, -0.2) is 5.48 Å². The lowest BCUT2D eigenvalue weighted by Crippen LogP contribution is -2.29. The zero-order valence-corrected chi connectivity index (χ0v) is 13.2. The van der Waals surface area contributed by atoms with Crippen LogP contribution >= 0.6 is 0 Å². The third-order valence-electron chi connectivity index (χ3n) is 4.59. The van der Waals surface area contributed by atoms with Gasteiger partial charge in [0.1, 0.15) is 0 Å². The minimum absolute atomic E-state index is 0.0996. The second-order valence-electron chi connectivity index (χ2n) is 6.12. The number of unbranched alkanes of at least 4 members (excludes halogenated alkanes) is 2. The van der Waals surface area contributed by atoms with Crippen molar-refractivity contribution in [1.29, 1.82) is 0 Å². The van der Waals surface area contributed by atoms with E-state index in [1.54, 1.807) is 17.6 Å². The topological polar surface area (TPSA) is 83.5 Å². The minimum atomic E-state index is -0.628. The van der Waals surface area contributed by atoms with Gasteiger partial charge in [0.05, 0.1) is 5.92 Å². The van der Waals surface area contributed by atoms with Crippen LogP contribution in [0.4, 0.5) is 0 Å². The summed E-state index contributed by atoms with van der Waals surface area (Å²) in [4.78, 5) is 36.4. The van der Waals surface area contributed by atoms with E-state index in [9.17, 15) is 14.4 Å². The molecule has 0 unspecified atom stereocenters. The van der Waals surface area contributed by atoms with E-state index in [1.807, 2.05) is 24.3 Å². The Kier molecular flexibility index (Phi) is 4.71. The standard InChI is InChI=1S/C19H19NO4/c21-16(20-24)11-3-1-2-8-15-18(22)13-9-4-6-12-7-5-10-14(17(12)13)19(15)23/h4-7,9-10,15,24H,1-3,8,11H2,(H,20,21). The number of hydrogen-bond acceptors (Lipinski definition) is 4. The number of carbonyl (C=O) groups is 3. The summed E-state index contributed by atoms with van der Waals surface area (Å²) in [5, 5.41) is 10.1. The molecule has 2 N–H and O–H groups in total. The molecule has 0 saturated carbocycles. The molecule has 0 fully saturated rings. The summed E-state index contributed by atoms with van der Waals surface area (Å²) < 4.78 is 0. The Hall–Kier alpha value is -2.53. The fourth-order valence-electron chi connectivity index (χ4n) is 3.38. The van der Waals surface area contributed by atoms with E-state index in [4.69, 9.17) is 5.21 Å². The van der Waals surface area contributed by atoms with Gasteiger partial charge in [-0.05, 0) is 18.2 Å². The highest BCUT2D eigenvalue weighted by atomic mass is 16.5. The molecule has 2 aromatic rings. The molecule has 0 atom stereocenters. The Balaban J connectivity index is 1.72. The van der Waals surface area contributed by atoms with Crippen LogP contribution in [-0.4, -0.2) is 22.7 Å². The van der Waals surface area contributed by atoms with Crippen molar-refractivity contribution in [2.45, 2.75) is 32.1 Å². The lowest BCUT2D eigenvalue weighted by Gasteiger charge is -2.22. The number of nitrogens with one attached hydrogen (secondary N) is 1. The van der Waals surface area contributed by atoms with Crippen LogP contribution in [0.15, 0.2) is 36.4 Å². The van der Waals surface area contributed by atoms with Crippen LogP contribution in [0, 0.1) is 5.92 Å². The molecule has 0 heterocycles. The third-order valence-corrected chi connectivity index (χ3v) is 4.59. The van der Waals surface area contributed by atoms with E-state index in [2.05, 4.69) is 0 Å². The second kappa shape index (κ2) is 6.93. The van der Waals surface area contributed by atoms with E-state index < -0.39 is 11.8 Å². The van der Waals surface area contributed by atoms with Gasteiger partial charge < -0.3 is 0 Å². The average Bonchev–Trinajstić information content (AvgIpc) is 2.61. The summed E-state index contributed by atoms with van der Waals surface area (Å²) >= 11 is 0. The average molecular weight is 325 g/mol. The van der Waals surface area contributed by atoms with Crippen molar-refractivity contribution in [2.24, 2.45) is 5.92 Å². The van der Waals surface area contributed by atoms with Gasteiger partial charge in [0.25, 0.3) is 0 Å². The smallest absolute Gasteiger partial charge is 0.243 e. The Labute approximate surface area is 139 Å². The maximum atomic E-state index is 12.7. The number of carbonyl (C=O) groups excluding carboxylic acids is 3. The fraction of sp³-hybridized carbons (Fsp3) is 0.316. The molecule has 0 radical (unpaired) electrons. The van der Waals surface area contributed by atoms with Crippen LogP contribution in [0.3, 0.4) is 0 Å². The fourth-order valence-corrected chi connectivity index (χ4v) is 3.38. The van der Waals surface area contributed by atoms with Gasteiger partial charge in [0, 0.05) is 22.9 Å². The lowest BCUT2D eigenvalue weighted by molar-refractivity contribution is -0.129. The molecule has 5 heteroatoms. The summed E-state index contributed by atoms with van der Waals surface area (Å²) in [7, 11) is 0. The molecule has 0 saturated heterocycles. The number of benzene rings is 2. The zero-order valence-electron chi connectivity index (χ0n) is 13.2. The maximum absolute atomic E-state index is 12.7. The van der Waals surface area contributed by atoms with Crippen LogP contribution in [0.1, 0.15) is 52.8 Å². The molecule has 1 amide bonds. The monoisotopic (exact) mass is 325 g/mol. The summed E-state index contributed by atoms with van der Waals surface area (Å²) in [6.45, 7) is 0. The number of hydrogen-bond donors (Lipinski definition) is 2.